The SMILES string of the molecule is C/C=C\Cn1c(=O)c2cnc(Nc3ccc4ccn(C)c4c3)nc2n1-c1ccc2c(c1)N(CCC)C(=O)CO2. The van der Waals surface area contributed by atoms with Crippen molar-refractivity contribution in [3.63, 3.8) is 0 Å². The number of ether oxygens (including phenoxy) is 1. The smallest absolute Gasteiger partial charge is 0.278 e. The van der Waals surface area contributed by atoms with Crippen molar-refractivity contribution >= 4 is 45.2 Å². The third-order valence-electron chi connectivity index (χ3n) is 6.91. The lowest BCUT2D eigenvalue weighted by Crippen LogP contribution is -2.39. The van der Waals surface area contributed by atoms with Crippen LogP contribution in [-0.4, -0.2) is 43.0 Å². The molecule has 39 heavy (non-hydrogen) atoms. The fraction of sp³-hybridized carbons (Fsp3) is 0.241. The molecule has 1 amide bonds. The summed E-state index contributed by atoms with van der Waals surface area (Å²) in [4.78, 5) is 37.1. The first-order valence-electron chi connectivity index (χ1n) is 13.0. The molecule has 198 valence electrons. The average Bonchev–Trinajstić information content (AvgIpc) is 3.45. The van der Waals surface area contributed by atoms with Crippen LogP contribution in [0.25, 0.3) is 27.6 Å². The zero-order valence-corrected chi connectivity index (χ0v) is 22.1. The predicted octanol–water partition coefficient (Wildman–Crippen LogP) is 4.53. The molecule has 10 nitrogen and oxygen atoms in total. The van der Waals surface area contributed by atoms with E-state index in [0.29, 0.717) is 47.2 Å². The number of allylic oxidation sites excluding steroid dienone is 2. The summed E-state index contributed by atoms with van der Waals surface area (Å²) in [6.07, 6.45) is 8.19. The van der Waals surface area contributed by atoms with Gasteiger partial charge in [0.2, 0.25) is 5.95 Å². The maximum atomic E-state index is 13.5. The standard InChI is InChI=1S/C29H29N7O3/c1-4-6-13-35-28(38)22-17-30-29(31-20-8-7-19-11-14-33(3)23(19)15-20)32-27(22)36(35)21-9-10-25-24(16-21)34(12-5-2)26(37)18-39-25/h4,6-11,14-17H,5,12-13,18H2,1-3H3,(H,30,31,32)/b6-4-. The zero-order chi connectivity index (χ0) is 27.1. The van der Waals surface area contributed by atoms with Crippen molar-refractivity contribution in [2.75, 3.05) is 23.4 Å². The van der Waals surface area contributed by atoms with Gasteiger partial charge in [-0.1, -0.05) is 25.1 Å². The fourth-order valence-electron chi connectivity index (χ4n) is 4.98. The van der Waals surface area contributed by atoms with Gasteiger partial charge in [0.05, 0.1) is 17.9 Å². The molecule has 0 atom stereocenters. The number of nitrogens with zero attached hydrogens (tertiary/aromatic N) is 6. The van der Waals surface area contributed by atoms with E-state index in [4.69, 9.17) is 9.72 Å². The number of rotatable bonds is 7. The highest BCUT2D eigenvalue weighted by molar-refractivity contribution is 5.98. The molecule has 10 heteroatoms. The molecule has 3 aromatic heterocycles. The lowest BCUT2D eigenvalue weighted by Gasteiger charge is -2.29. The molecule has 0 spiro atoms. The Morgan fingerprint density at radius 3 is 2.82 bits per heavy atom. The second-order valence-electron chi connectivity index (χ2n) is 9.51. The van der Waals surface area contributed by atoms with E-state index in [9.17, 15) is 9.59 Å². The molecular weight excluding hydrogens is 494 g/mol. The van der Waals surface area contributed by atoms with Crippen LogP contribution in [0.2, 0.25) is 0 Å². The summed E-state index contributed by atoms with van der Waals surface area (Å²) >= 11 is 0. The molecule has 5 aromatic rings. The van der Waals surface area contributed by atoms with Crippen LogP contribution in [-0.2, 0) is 18.4 Å². The maximum absolute atomic E-state index is 13.5. The number of anilines is 3. The molecule has 2 aromatic carbocycles. The van der Waals surface area contributed by atoms with Crippen LogP contribution >= 0.6 is 0 Å². The summed E-state index contributed by atoms with van der Waals surface area (Å²) < 4.78 is 11.2. The number of fused-ring (bicyclic) bond motifs is 3. The van der Waals surface area contributed by atoms with Crippen molar-refractivity contribution in [2.24, 2.45) is 7.05 Å². The number of hydrogen-bond donors (Lipinski definition) is 1. The fourth-order valence-corrected chi connectivity index (χ4v) is 4.98. The van der Waals surface area contributed by atoms with E-state index >= 15 is 0 Å². The summed E-state index contributed by atoms with van der Waals surface area (Å²) in [6.45, 7) is 4.89. The third-order valence-corrected chi connectivity index (χ3v) is 6.91. The van der Waals surface area contributed by atoms with Gasteiger partial charge in [0.15, 0.2) is 12.3 Å². The molecule has 0 saturated carbocycles. The number of nitrogens with one attached hydrogen (secondary N) is 1. The Kier molecular flexibility index (Phi) is 6.14. The molecule has 1 N–H and O–H groups in total. The summed E-state index contributed by atoms with van der Waals surface area (Å²) in [7, 11) is 2.00. The minimum absolute atomic E-state index is 0.0155. The van der Waals surface area contributed by atoms with E-state index in [1.54, 1.807) is 20.5 Å². The lowest BCUT2D eigenvalue weighted by molar-refractivity contribution is -0.121. The molecule has 0 unspecified atom stereocenters. The first-order chi connectivity index (χ1) is 19.0. The zero-order valence-electron chi connectivity index (χ0n) is 22.1. The predicted molar refractivity (Wildman–Crippen MR) is 152 cm³/mol. The van der Waals surface area contributed by atoms with Crippen molar-refractivity contribution in [1.82, 2.24) is 23.9 Å². The van der Waals surface area contributed by atoms with E-state index < -0.39 is 0 Å². The van der Waals surface area contributed by atoms with Gasteiger partial charge in [0.1, 0.15) is 11.1 Å². The molecule has 0 saturated heterocycles. The van der Waals surface area contributed by atoms with Gasteiger partial charge in [-0.2, -0.15) is 4.98 Å². The second kappa shape index (κ2) is 9.79. The average molecular weight is 524 g/mol. The second-order valence-corrected chi connectivity index (χ2v) is 9.51. The van der Waals surface area contributed by atoms with Gasteiger partial charge in [-0.15, -0.1) is 0 Å². The Morgan fingerprint density at radius 1 is 1.13 bits per heavy atom. The third kappa shape index (κ3) is 4.23. The largest absolute Gasteiger partial charge is 0.482 e. The summed E-state index contributed by atoms with van der Waals surface area (Å²) in [5.74, 6) is 0.921. The Hall–Kier alpha value is -4.86. The first kappa shape index (κ1) is 24.5. The number of carbonyl (C=O) groups excluding carboxylic acids is 1. The normalized spacial score (nSPS) is 13.4. The van der Waals surface area contributed by atoms with Crippen LogP contribution in [0, 0.1) is 0 Å². The van der Waals surface area contributed by atoms with Crippen LogP contribution in [0.1, 0.15) is 20.3 Å². The van der Waals surface area contributed by atoms with E-state index in [2.05, 4.69) is 20.9 Å². The van der Waals surface area contributed by atoms with E-state index in [-0.39, 0.29) is 18.1 Å². The molecule has 6 rings (SSSR count). The van der Waals surface area contributed by atoms with Crippen molar-refractivity contribution in [1.29, 1.82) is 0 Å². The molecule has 4 heterocycles. The summed E-state index contributed by atoms with van der Waals surface area (Å²) in [6, 6.07) is 13.7. The highest BCUT2D eigenvalue weighted by Crippen LogP contribution is 2.35. The van der Waals surface area contributed by atoms with Gasteiger partial charge in [-0.05, 0) is 55.1 Å². The molecule has 0 bridgehead atoms. The van der Waals surface area contributed by atoms with Gasteiger partial charge < -0.3 is 19.5 Å². The summed E-state index contributed by atoms with van der Waals surface area (Å²) in [5.41, 5.74) is 3.56. The van der Waals surface area contributed by atoms with Crippen LogP contribution in [0.3, 0.4) is 0 Å². The first-order valence-corrected chi connectivity index (χ1v) is 13.0. The number of carbonyl (C=O) groups is 1. The number of aromatic nitrogens is 5. The highest BCUT2D eigenvalue weighted by atomic mass is 16.5. The number of aryl methyl sites for hydroxylation is 1. The topological polar surface area (TPSA) is 99.2 Å². The van der Waals surface area contributed by atoms with Crippen molar-refractivity contribution in [3.05, 3.63) is 77.4 Å². The van der Waals surface area contributed by atoms with E-state index in [1.807, 2.05) is 75.6 Å². The molecule has 1 aliphatic rings. The molecule has 0 fully saturated rings. The van der Waals surface area contributed by atoms with Crippen molar-refractivity contribution < 1.29 is 9.53 Å². The highest BCUT2D eigenvalue weighted by Gasteiger charge is 2.26. The van der Waals surface area contributed by atoms with Gasteiger partial charge in [-0.25, -0.2) is 14.3 Å². The minimum atomic E-state index is -0.199. The molecule has 0 radical (unpaired) electrons. The molecular formula is C29H29N7O3. The van der Waals surface area contributed by atoms with Gasteiger partial charge in [-0.3, -0.25) is 9.59 Å². The van der Waals surface area contributed by atoms with Gasteiger partial charge >= 0.3 is 0 Å². The molecule has 1 aliphatic heterocycles. The van der Waals surface area contributed by atoms with Crippen LogP contribution in [0.5, 0.6) is 5.75 Å². The van der Waals surface area contributed by atoms with E-state index in [0.717, 1.165) is 23.0 Å². The minimum Gasteiger partial charge on any atom is -0.482 e. The number of amides is 1. The molecule has 0 aliphatic carbocycles. The Morgan fingerprint density at radius 2 is 2.00 bits per heavy atom. The number of hydrogen-bond acceptors (Lipinski definition) is 6. The van der Waals surface area contributed by atoms with Crippen LogP contribution in [0.15, 0.2) is 71.8 Å². The lowest BCUT2D eigenvalue weighted by atomic mass is 10.2. The quantitative estimate of drug-likeness (QED) is 0.315. The van der Waals surface area contributed by atoms with Crippen LogP contribution in [0.4, 0.5) is 17.3 Å². The Bertz CT molecular complexity index is 1810. The van der Waals surface area contributed by atoms with Crippen LogP contribution < -0.4 is 20.5 Å². The van der Waals surface area contributed by atoms with Gasteiger partial charge in [0.25, 0.3) is 11.5 Å². The van der Waals surface area contributed by atoms with Crippen molar-refractivity contribution in [3.8, 4) is 11.4 Å². The maximum Gasteiger partial charge on any atom is 0.278 e. The van der Waals surface area contributed by atoms with E-state index in [1.165, 1.54) is 0 Å². The number of benzene rings is 2. The summed E-state index contributed by atoms with van der Waals surface area (Å²) in [5, 5.41) is 4.83. The Labute approximate surface area is 224 Å². The van der Waals surface area contributed by atoms with Crippen molar-refractivity contribution in [2.45, 2.75) is 26.8 Å². The van der Waals surface area contributed by atoms with Gasteiger partial charge in [0, 0.05) is 37.2 Å². The Balaban J connectivity index is 1.49. The monoisotopic (exact) mass is 523 g/mol.